The molecule has 3 aromatic rings. The molecule has 0 radical (unpaired) electrons. The van der Waals surface area contributed by atoms with Gasteiger partial charge < -0.3 is 10.2 Å². The predicted molar refractivity (Wildman–Crippen MR) is 85.8 cm³/mol. The Kier molecular flexibility index (Phi) is 3.39. The molecule has 0 amide bonds. The van der Waals surface area contributed by atoms with Crippen LogP contribution in [0.2, 0.25) is 0 Å². The van der Waals surface area contributed by atoms with E-state index >= 15 is 0 Å². The van der Waals surface area contributed by atoms with Crippen LogP contribution >= 0.6 is 11.3 Å². The molecular weight excluding hydrogens is 282 g/mol. The average Bonchev–Trinajstić information content (AvgIpc) is 2.85. The van der Waals surface area contributed by atoms with Crippen LogP contribution in [0.15, 0.2) is 42.5 Å². The Bertz CT molecular complexity index is 791. The van der Waals surface area contributed by atoms with Crippen molar-refractivity contribution in [1.29, 1.82) is 0 Å². The molecule has 1 heterocycles. The highest BCUT2D eigenvalue weighted by molar-refractivity contribution is 7.15. The van der Waals surface area contributed by atoms with Crippen LogP contribution in [0.5, 0.6) is 11.5 Å². The zero-order chi connectivity index (χ0) is 15.0. The topological polar surface area (TPSA) is 53.4 Å². The third-order valence-electron chi connectivity index (χ3n) is 3.34. The Morgan fingerprint density at radius 3 is 2.19 bits per heavy atom. The van der Waals surface area contributed by atoms with Crippen molar-refractivity contribution in [2.45, 2.75) is 13.8 Å². The summed E-state index contributed by atoms with van der Waals surface area (Å²) in [5.41, 5.74) is 4.07. The van der Waals surface area contributed by atoms with Crippen LogP contribution in [-0.2, 0) is 0 Å². The fourth-order valence-electron chi connectivity index (χ4n) is 2.16. The van der Waals surface area contributed by atoms with E-state index in [0.29, 0.717) is 0 Å². The second kappa shape index (κ2) is 5.22. The number of nitrogens with zero attached hydrogens (tertiary/aromatic N) is 1. The minimum absolute atomic E-state index is 0.120. The number of hydrogen-bond donors (Lipinski definition) is 2. The lowest BCUT2D eigenvalue weighted by molar-refractivity contribution is 0.404. The first-order valence-electron chi connectivity index (χ1n) is 6.61. The minimum Gasteiger partial charge on any atom is -0.504 e. The van der Waals surface area contributed by atoms with Gasteiger partial charge in [0, 0.05) is 16.0 Å². The SMILES string of the molecule is Cc1ccc(-c2nc(-c3ccc(O)c(O)c3)sc2C)cc1. The monoisotopic (exact) mass is 297 g/mol. The predicted octanol–water partition coefficient (Wildman–Crippen LogP) is 4.51. The van der Waals surface area contributed by atoms with Gasteiger partial charge >= 0.3 is 0 Å². The third-order valence-corrected chi connectivity index (χ3v) is 4.36. The number of aromatic hydroxyl groups is 2. The number of hydrogen-bond acceptors (Lipinski definition) is 4. The Hall–Kier alpha value is -2.33. The summed E-state index contributed by atoms with van der Waals surface area (Å²) in [6.45, 7) is 4.10. The molecular formula is C17H15NO2S. The van der Waals surface area contributed by atoms with Crippen molar-refractivity contribution >= 4 is 11.3 Å². The smallest absolute Gasteiger partial charge is 0.158 e. The van der Waals surface area contributed by atoms with Crippen molar-refractivity contribution in [3.8, 4) is 33.3 Å². The summed E-state index contributed by atoms with van der Waals surface area (Å²) in [4.78, 5) is 5.80. The van der Waals surface area contributed by atoms with E-state index < -0.39 is 0 Å². The molecule has 0 aliphatic heterocycles. The van der Waals surface area contributed by atoms with E-state index in [4.69, 9.17) is 0 Å². The van der Waals surface area contributed by atoms with Crippen LogP contribution in [-0.4, -0.2) is 15.2 Å². The molecule has 21 heavy (non-hydrogen) atoms. The Labute approximate surface area is 127 Å². The largest absolute Gasteiger partial charge is 0.504 e. The van der Waals surface area contributed by atoms with E-state index in [-0.39, 0.29) is 11.5 Å². The van der Waals surface area contributed by atoms with Crippen molar-refractivity contribution in [3.05, 3.63) is 52.9 Å². The Balaban J connectivity index is 2.04. The molecule has 3 nitrogen and oxygen atoms in total. The fourth-order valence-corrected chi connectivity index (χ4v) is 3.09. The molecule has 0 fully saturated rings. The molecule has 0 saturated heterocycles. The van der Waals surface area contributed by atoms with Crippen LogP contribution in [0.4, 0.5) is 0 Å². The highest BCUT2D eigenvalue weighted by atomic mass is 32.1. The first kappa shape index (κ1) is 13.6. The van der Waals surface area contributed by atoms with Crippen LogP contribution < -0.4 is 0 Å². The fraction of sp³-hybridized carbons (Fsp3) is 0.118. The van der Waals surface area contributed by atoms with E-state index in [1.54, 1.807) is 17.4 Å². The van der Waals surface area contributed by atoms with E-state index in [1.807, 2.05) is 6.92 Å². The quantitative estimate of drug-likeness (QED) is 0.684. The Morgan fingerprint density at radius 2 is 1.52 bits per heavy atom. The number of phenols is 2. The van der Waals surface area contributed by atoms with Crippen molar-refractivity contribution < 1.29 is 10.2 Å². The summed E-state index contributed by atoms with van der Waals surface area (Å²) < 4.78 is 0. The summed E-state index contributed by atoms with van der Waals surface area (Å²) in [6, 6.07) is 13.0. The number of benzene rings is 2. The molecule has 2 N–H and O–H groups in total. The lowest BCUT2D eigenvalue weighted by Crippen LogP contribution is -1.82. The normalized spacial score (nSPS) is 10.8. The number of phenolic OH excluding ortho intramolecular Hbond substituents is 2. The highest BCUT2D eigenvalue weighted by Crippen LogP contribution is 2.36. The van der Waals surface area contributed by atoms with Crippen molar-refractivity contribution in [3.63, 3.8) is 0 Å². The first-order valence-corrected chi connectivity index (χ1v) is 7.43. The zero-order valence-electron chi connectivity index (χ0n) is 11.8. The average molecular weight is 297 g/mol. The van der Waals surface area contributed by atoms with E-state index in [9.17, 15) is 10.2 Å². The van der Waals surface area contributed by atoms with Gasteiger partial charge in [0.25, 0.3) is 0 Å². The van der Waals surface area contributed by atoms with Crippen LogP contribution in [0.3, 0.4) is 0 Å². The summed E-state index contributed by atoms with van der Waals surface area (Å²) in [5.74, 6) is -0.247. The lowest BCUT2D eigenvalue weighted by atomic mass is 10.1. The molecule has 3 rings (SSSR count). The van der Waals surface area contributed by atoms with Gasteiger partial charge in [0.1, 0.15) is 5.01 Å². The molecule has 0 aliphatic rings. The molecule has 0 aliphatic carbocycles. The second-order valence-electron chi connectivity index (χ2n) is 4.99. The molecule has 2 aromatic carbocycles. The lowest BCUT2D eigenvalue weighted by Gasteiger charge is -2.00. The molecule has 0 bridgehead atoms. The molecule has 4 heteroatoms. The van der Waals surface area contributed by atoms with Gasteiger partial charge in [-0.2, -0.15) is 0 Å². The summed E-state index contributed by atoms with van der Waals surface area (Å²) in [7, 11) is 0. The minimum atomic E-state index is -0.128. The molecule has 106 valence electrons. The maximum absolute atomic E-state index is 9.61. The van der Waals surface area contributed by atoms with Gasteiger partial charge in [0.2, 0.25) is 0 Å². The summed E-state index contributed by atoms with van der Waals surface area (Å²) >= 11 is 1.58. The summed E-state index contributed by atoms with van der Waals surface area (Å²) in [6.07, 6.45) is 0. The molecule has 0 spiro atoms. The summed E-state index contributed by atoms with van der Waals surface area (Å²) in [5, 5.41) is 19.8. The van der Waals surface area contributed by atoms with Gasteiger partial charge in [0.05, 0.1) is 5.69 Å². The zero-order valence-corrected chi connectivity index (χ0v) is 12.6. The molecule has 0 unspecified atom stereocenters. The maximum Gasteiger partial charge on any atom is 0.158 e. The van der Waals surface area contributed by atoms with Crippen molar-refractivity contribution in [2.24, 2.45) is 0 Å². The number of aryl methyl sites for hydroxylation is 2. The first-order chi connectivity index (χ1) is 10.0. The van der Waals surface area contributed by atoms with Crippen LogP contribution in [0, 0.1) is 13.8 Å². The number of rotatable bonds is 2. The van der Waals surface area contributed by atoms with Crippen LogP contribution in [0.1, 0.15) is 10.4 Å². The van der Waals surface area contributed by atoms with E-state index in [2.05, 4.69) is 36.2 Å². The van der Waals surface area contributed by atoms with Crippen molar-refractivity contribution in [2.75, 3.05) is 0 Å². The second-order valence-corrected chi connectivity index (χ2v) is 6.20. The van der Waals surface area contributed by atoms with E-state index in [0.717, 1.165) is 26.7 Å². The third kappa shape index (κ3) is 2.62. The number of aromatic nitrogens is 1. The highest BCUT2D eigenvalue weighted by Gasteiger charge is 2.12. The van der Waals surface area contributed by atoms with E-state index in [1.165, 1.54) is 17.7 Å². The molecule has 0 saturated carbocycles. The molecule has 0 atom stereocenters. The van der Waals surface area contributed by atoms with Gasteiger partial charge in [-0.05, 0) is 32.0 Å². The van der Waals surface area contributed by atoms with Gasteiger partial charge in [-0.25, -0.2) is 4.98 Å². The Morgan fingerprint density at radius 1 is 0.857 bits per heavy atom. The van der Waals surface area contributed by atoms with Gasteiger partial charge in [-0.1, -0.05) is 29.8 Å². The van der Waals surface area contributed by atoms with Gasteiger partial charge in [-0.3, -0.25) is 0 Å². The van der Waals surface area contributed by atoms with Crippen molar-refractivity contribution in [1.82, 2.24) is 4.98 Å². The van der Waals surface area contributed by atoms with Gasteiger partial charge in [-0.15, -0.1) is 11.3 Å². The molecule has 1 aromatic heterocycles. The maximum atomic E-state index is 9.61. The number of thiazole rings is 1. The van der Waals surface area contributed by atoms with Crippen LogP contribution in [0.25, 0.3) is 21.8 Å². The van der Waals surface area contributed by atoms with Gasteiger partial charge in [0.15, 0.2) is 11.5 Å². The standard InChI is InChI=1S/C17H15NO2S/c1-10-3-5-12(6-4-10)16-11(2)21-17(18-16)13-7-8-14(19)15(20)9-13/h3-9,19-20H,1-2H3.